The lowest BCUT2D eigenvalue weighted by Gasteiger charge is -2.37. The van der Waals surface area contributed by atoms with Crippen LogP contribution in [0.5, 0.6) is 0 Å². The van der Waals surface area contributed by atoms with E-state index in [2.05, 4.69) is 5.32 Å². The Morgan fingerprint density at radius 2 is 2.11 bits per heavy atom. The zero-order valence-electron chi connectivity index (χ0n) is 10.9. The minimum Gasteiger partial charge on any atom is -0.478 e. The standard InChI is InChI=1S/C14H18N2O3/c1-9-3-4-10(13(18)19)7-11(9)16-12(17)8-14(15)5-2-6-14/h3-4,7H,2,5-6,8,15H2,1H3,(H,16,17)(H,18,19). The molecule has 4 N–H and O–H groups in total. The predicted molar refractivity (Wildman–Crippen MR) is 72.2 cm³/mol. The summed E-state index contributed by atoms with van der Waals surface area (Å²) in [6, 6.07) is 4.67. The molecule has 19 heavy (non-hydrogen) atoms. The van der Waals surface area contributed by atoms with Crippen molar-refractivity contribution in [2.45, 2.75) is 38.1 Å². The van der Waals surface area contributed by atoms with E-state index in [9.17, 15) is 9.59 Å². The third-order valence-corrected chi connectivity index (χ3v) is 3.62. The molecule has 0 heterocycles. The quantitative estimate of drug-likeness (QED) is 0.772. The molecule has 0 spiro atoms. The number of amides is 1. The second-order valence-corrected chi connectivity index (χ2v) is 5.28. The Hall–Kier alpha value is -1.88. The largest absolute Gasteiger partial charge is 0.478 e. The first-order valence-electron chi connectivity index (χ1n) is 6.32. The van der Waals surface area contributed by atoms with E-state index in [1.807, 2.05) is 6.92 Å². The van der Waals surface area contributed by atoms with Crippen molar-refractivity contribution in [3.63, 3.8) is 0 Å². The van der Waals surface area contributed by atoms with E-state index in [1.165, 1.54) is 12.1 Å². The Labute approximate surface area is 111 Å². The fraction of sp³-hybridized carbons (Fsp3) is 0.429. The molecular weight excluding hydrogens is 244 g/mol. The molecule has 1 aromatic rings. The number of benzene rings is 1. The molecule has 5 heteroatoms. The number of aromatic carboxylic acids is 1. The predicted octanol–water partition coefficient (Wildman–Crippen LogP) is 1.90. The van der Waals surface area contributed by atoms with Crippen LogP contribution in [-0.4, -0.2) is 22.5 Å². The number of carboxylic acid groups (broad SMARTS) is 1. The summed E-state index contributed by atoms with van der Waals surface area (Å²) in [7, 11) is 0. The fourth-order valence-electron chi connectivity index (χ4n) is 2.21. The SMILES string of the molecule is Cc1ccc(C(=O)O)cc1NC(=O)CC1(N)CCC1. The van der Waals surface area contributed by atoms with Crippen LogP contribution in [0.15, 0.2) is 18.2 Å². The number of carboxylic acids is 1. The van der Waals surface area contributed by atoms with Crippen molar-refractivity contribution >= 4 is 17.6 Å². The van der Waals surface area contributed by atoms with E-state index in [-0.39, 0.29) is 23.4 Å². The van der Waals surface area contributed by atoms with Crippen molar-refractivity contribution in [1.82, 2.24) is 0 Å². The van der Waals surface area contributed by atoms with Crippen molar-refractivity contribution < 1.29 is 14.7 Å². The molecule has 0 saturated heterocycles. The van der Waals surface area contributed by atoms with Gasteiger partial charge in [0, 0.05) is 17.6 Å². The van der Waals surface area contributed by atoms with E-state index in [0.29, 0.717) is 5.69 Å². The summed E-state index contributed by atoms with van der Waals surface area (Å²) in [5.41, 5.74) is 7.17. The molecule has 1 saturated carbocycles. The number of aryl methyl sites for hydroxylation is 1. The molecule has 1 aliphatic carbocycles. The van der Waals surface area contributed by atoms with E-state index in [0.717, 1.165) is 24.8 Å². The number of hydrogen-bond acceptors (Lipinski definition) is 3. The number of rotatable bonds is 4. The van der Waals surface area contributed by atoms with Gasteiger partial charge in [-0.3, -0.25) is 4.79 Å². The van der Waals surface area contributed by atoms with Crippen molar-refractivity contribution in [3.8, 4) is 0 Å². The van der Waals surface area contributed by atoms with Gasteiger partial charge >= 0.3 is 5.97 Å². The molecule has 1 aliphatic rings. The van der Waals surface area contributed by atoms with Crippen molar-refractivity contribution in [3.05, 3.63) is 29.3 Å². The Morgan fingerprint density at radius 3 is 2.63 bits per heavy atom. The molecule has 1 amide bonds. The third kappa shape index (κ3) is 3.12. The molecule has 0 atom stereocenters. The molecule has 0 aliphatic heterocycles. The first-order valence-corrected chi connectivity index (χ1v) is 6.32. The first kappa shape index (κ1) is 13.5. The molecule has 1 aromatic carbocycles. The molecule has 0 unspecified atom stereocenters. The average molecular weight is 262 g/mol. The van der Waals surface area contributed by atoms with Gasteiger partial charge in [-0.05, 0) is 43.9 Å². The minimum absolute atomic E-state index is 0.159. The Morgan fingerprint density at radius 1 is 1.42 bits per heavy atom. The maximum atomic E-state index is 11.9. The zero-order chi connectivity index (χ0) is 14.0. The maximum Gasteiger partial charge on any atom is 0.335 e. The molecule has 2 rings (SSSR count). The smallest absolute Gasteiger partial charge is 0.335 e. The molecular formula is C14H18N2O3. The van der Waals surface area contributed by atoms with Crippen LogP contribution in [0.3, 0.4) is 0 Å². The number of hydrogen-bond donors (Lipinski definition) is 3. The number of anilines is 1. The van der Waals surface area contributed by atoms with Crippen LogP contribution >= 0.6 is 0 Å². The highest BCUT2D eigenvalue weighted by Gasteiger charge is 2.34. The fourth-order valence-corrected chi connectivity index (χ4v) is 2.21. The summed E-state index contributed by atoms with van der Waals surface area (Å²) in [4.78, 5) is 22.8. The monoisotopic (exact) mass is 262 g/mol. The summed E-state index contributed by atoms with van der Waals surface area (Å²) in [6.07, 6.45) is 3.09. The van der Waals surface area contributed by atoms with E-state index >= 15 is 0 Å². The second kappa shape index (κ2) is 5.01. The minimum atomic E-state index is -1.01. The molecule has 0 radical (unpaired) electrons. The number of nitrogens with one attached hydrogen (secondary N) is 1. The lowest BCUT2D eigenvalue weighted by atomic mass is 9.75. The summed E-state index contributed by atoms with van der Waals surface area (Å²) in [5.74, 6) is -1.17. The van der Waals surface area contributed by atoms with Gasteiger partial charge in [0.2, 0.25) is 5.91 Å². The average Bonchev–Trinajstić information content (AvgIpc) is 2.29. The van der Waals surface area contributed by atoms with Gasteiger partial charge in [-0.15, -0.1) is 0 Å². The lowest BCUT2D eigenvalue weighted by molar-refractivity contribution is -0.118. The number of nitrogens with two attached hydrogens (primary N) is 1. The zero-order valence-corrected chi connectivity index (χ0v) is 10.9. The van der Waals surface area contributed by atoms with Gasteiger partial charge in [0.1, 0.15) is 0 Å². The Bertz CT molecular complexity index is 521. The summed E-state index contributed by atoms with van der Waals surface area (Å²) < 4.78 is 0. The molecule has 0 bridgehead atoms. The lowest BCUT2D eigenvalue weighted by Crippen LogP contribution is -2.48. The number of carbonyl (C=O) groups is 2. The van der Waals surface area contributed by atoms with Crippen LogP contribution in [0.25, 0.3) is 0 Å². The van der Waals surface area contributed by atoms with Gasteiger partial charge in [-0.25, -0.2) is 4.79 Å². The van der Waals surface area contributed by atoms with Crippen LogP contribution < -0.4 is 11.1 Å². The van der Waals surface area contributed by atoms with Gasteiger partial charge in [0.15, 0.2) is 0 Å². The van der Waals surface area contributed by atoms with Crippen LogP contribution in [0.2, 0.25) is 0 Å². The van der Waals surface area contributed by atoms with Crippen LogP contribution in [-0.2, 0) is 4.79 Å². The summed E-state index contributed by atoms with van der Waals surface area (Å²) in [6.45, 7) is 1.82. The highest BCUT2D eigenvalue weighted by Crippen LogP contribution is 2.32. The molecule has 0 aromatic heterocycles. The normalized spacial score (nSPS) is 16.5. The maximum absolute atomic E-state index is 11.9. The highest BCUT2D eigenvalue weighted by molar-refractivity contribution is 5.95. The third-order valence-electron chi connectivity index (χ3n) is 3.62. The van der Waals surface area contributed by atoms with E-state index in [1.54, 1.807) is 6.07 Å². The molecule has 1 fully saturated rings. The Balaban J connectivity index is 2.07. The van der Waals surface area contributed by atoms with Gasteiger partial charge in [-0.2, -0.15) is 0 Å². The van der Waals surface area contributed by atoms with Crippen LogP contribution in [0.1, 0.15) is 41.6 Å². The van der Waals surface area contributed by atoms with Gasteiger partial charge < -0.3 is 16.2 Å². The first-order chi connectivity index (χ1) is 8.89. The molecule has 102 valence electrons. The van der Waals surface area contributed by atoms with Crippen LogP contribution in [0.4, 0.5) is 5.69 Å². The van der Waals surface area contributed by atoms with Crippen LogP contribution in [0, 0.1) is 6.92 Å². The van der Waals surface area contributed by atoms with Crippen molar-refractivity contribution in [1.29, 1.82) is 0 Å². The van der Waals surface area contributed by atoms with E-state index in [4.69, 9.17) is 10.8 Å². The van der Waals surface area contributed by atoms with Gasteiger partial charge in [0.25, 0.3) is 0 Å². The summed E-state index contributed by atoms with van der Waals surface area (Å²) >= 11 is 0. The van der Waals surface area contributed by atoms with Gasteiger partial charge in [0.05, 0.1) is 5.56 Å². The van der Waals surface area contributed by atoms with Crippen molar-refractivity contribution in [2.24, 2.45) is 5.73 Å². The highest BCUT2D eigenvalue weighted by atomic mass is 16.4. The van der Waals surface area contributed by atoms with Gasteiger partial charge in [-0.1, -0.05) is 6.07 Å². The molecule has 5 nitrogen and oxygen atoms in total. The second-order valence-electron chi connectivity index (χ2n) is 5.28. The Kier molecular flexibility index (Phi) is 3.57. The van der Waals surface area contributed by atoms with Crippen molar-refractivity contribution in [2.75, 3.05) is 5.32 Å². The summed E-state index contributed by atoms with van der Waals surface area (Å²) in [5, 5.41) is 11.7. The number of carbonyl (C=O) groups excluding carboxylic acids is 1. The van der Waals surface area contributed by atoms with E-state index < -0.39 is 5.97 Å². The topological polar surface area (TPSA) is 92.4 Å².